The van der Waals surface area contributed by atoms with E-state index in [0.717, 1.165) is 0 Å². The summed E-state index contributed by atoms with van der Waals surface area (Å²) in [5.41, 5.74) is 0.359. The van der Waals surface area contributed by atoms with Crippen molar-refractivity contribution in [3.8, 4) is 0 Å². The van der Waals surface area contributed by atoms with E-state index in [0.29, 0.717) is 24.3 Å². The summed E-state index contributed by atoms with van der Waals surface area (Å²) in [6.07, 6.45) is 0.440. The van der Waals surface area contributed by atoms with E-state index in [-0.39, 0.29) is 10.7 Å². The van der Waals surface area contributed by atoms with E-state index in [1.807, 2.05) is 0 Å². The molecule has 3 heterocycles. The number of fused-ring (bicyclic) bond motifs is 2. The van der Waals surface area contributed by atoms with Gasteiger partial charge < -0.3 is 19.7 Å². The van der Waals surface area contributed by atoms with Gasteiger partial charge in [0.2, 0.25) is 5.91 Å². The first-order valence-corrected chi connectivity index (χ1v) is 10.5. The number of ether oxygens (including phenoxy) is 1. The number of carbonyl (C=O) groups is 2. The molecule has 0 spiro atoms. The molecule has 2 aliphatic heterocycles. The van der Waals surface area contributed by atoms with Crippen LogP contribution in [-0.2, 0) is 24.3 Å². The number of nitrogens with zero attached hydrogens (tertiary/aromatic N) is 1. The number of amides is 1. The quantitative estimate of drug-likeness (QED) is 0.637. The van der Waals surface area contributed by atoms with Crippen molar-refractivity contribution in [3.05, 3.63) is 36.1 Å². The van der Waals surface area contributed by atoms with Crippen molar-refractivity contribution in [1.29, 1.82) is 0 Å². The fourth-order valence-electron chi connectivity index (χ4n) is 3.88. The van der Waals surface area contributed by atoms with Crippen molar-refractivity contribution in [3.63, 3.8) is 0 Å². The molecule has 3 N–H and O–H groups in total. The van der Waals surface area contributed by atoms with Crippen molar-refractivity contribution in [2.24, 2.45) is 11.8 Å². The normalized spacial score (nSPS) is 25.7. The Bertz CT molecular complexity index is 1050. The monoisotopic (exact) mass is 421 g/mol. The number of sulfonamides is 1. The van der Waals surface area contributed by atoms with Gasteiger partial charge in [-0.05, 0) is 44.0 Å². The van der Waals surface area contributed by atoms with Gasteiger partial charge in [-0.2, -0.15) is 0 Å². The molecule has 2 bridgehead atoms. The second kappa shape index (κ2) is 7.16. The summed E-state index contributed by atoms with van der Waals surface area (Å²) in [6.45, 7) is 1.64. The number of anilines is 2. The molecule has 4 rings (SSSR count). The molecular weight excluding hydrogens is 402 g/mol. The SMILES string of the molecule is Cc1cc(NS(=O)(=O)c2ccc(NC(=O)[C@@H]3[C@@H](C(=O)O)[C@@H]4CC[C@@H]3O4)cc2)no1. The van der Waals surface area contributed by atoms with Crippen LogP contribution in [0.5, 0.6) is 0 Å². The molecule has 154 valence electrons. The molecule has 2 fully saturated rings. The summed E-state index contributed by atoms with van der Waals surface area (Å²) in [5.74, 6) is -2.61. The fourth-order valence-corrected chi connectivity index (χ4v) is 4.86. The van der Waals surface area contributed by atoms with Crippen LogP contribution < -0.4 is 10.0 Å². The molecule has 1 amide bonds. The number of carboxylic acids is 1. The zero-order valence-electron chi connectivity index (χ0n) is 15.4. The van der Waals surface area contributed by atoms with Crippen LogP contribution in [0, 0.1) is 18.8 Å². The Labute approximate surface area is 166 Å². The minimum atomic E-state index is -3.87. The summed E-state index contributed by atoms with van der Waals surface area (Å²) in [4.78, 5) is 24.1. The molecule has 2 aliphatic rings. The number of benzene rings is 1. The highest BCUT2D eigenvalue weighted by atomic mass is 32.2. The number of carboxylic acid groups (broad SMARTS) is 1. The van der Waals surface area contributed by atoms with Gasteiger partial charge in [-0.1, -0.05) is 5.16 Å². The van der Waals surface area contributed by atoms with E-state index in [2.05, 4.69) is 15.2 Å². The van der Waals surface area contributed by atoms with Crippen LogP contribution in [0.4, 0.5) is 11.5 Å². The maximum atomic E-state index is 12.6. The minimum absolute atomic E-state index is 0.0252. The first kappa shape index (κ1) is 19.4. The van der Waals surface area contributed by atoms with E-state index >= 15 is 0 Å². The Morgan fingerprint density at radius 3 is 2.38 bits per heavy atom. The lowest BCUT2D eigenvalue weighted by Crippen LogP contribution is -2.40. The summed E-state index contributed by atoms with van der Waals surface area (Å²) in [5, 5.41) is 15.7. The number of rotatable bonds is 6. The zero-order chi connectivity index (χ0) is 20.8. The average molecular weight is 421 g/mol. The van der Waals surface area contributed by atoms with E-state index < -0.39 is 45.9 Å². The number of hydrogen-bond donors (Lipinski definition) is 3. The van der Waals surface area contributed by atoms with Crippen LogP contribution in [0.25, 0.3) is 0 Å². The molecule has 4 atom stereocenters. The zero-order valence-corrected chi connectivity index (χ0v) is 16.2. The molecule has 10 nitrogen and oxygen atoms in total. The van der Waals surface area contributed by atoms with Crippen molar-refractivity contribution in [1.82, 2.24) is 5.16 Å². The lowest BCUT2D eigenvalue weighted by atomic mass is 9.78. The predicted molar refractivity (Wildman–Crippen MR) is 99.6 cm³/mol. The molecule has 0 radical (unpaired) electrons. The molecule has 0 saturated carbocycles. The first-order valence-electron chi connectivity index (χ1n) is 9.00. The minimum Gasteiger partial charge on any atom is -0.481 e. The maximum absolute atomic E-state index is 12.6. The van der Waals surface area contributed by atoms with Crippen LogP contribution in [0.1, 0.15) is 18.6 Å². The molecule has 29 heavy (non-hydrogen) atoms. The lowest BCUT2D eigenvalue weighted by Gasteiger charge is -2.23. The van der Waals surface area contributed by atoms with E-state index in [1.54, 1.807) is 6.92 Å². The highest BCUT2D eigenvalue weighted by Crippen LogP contribution is 2.44. The Morgan fingerprint density at radius 1 is 1.14 bits per heavy atom. The van der Waals surface area contributed by atoms with E-state index in [9.17, 15) is 23.1 Å². The van der Waals surface area contributed by atoms with Gasteiger partial charge in [0.15, 0.2) is 5.82 Å². The Morgan fingerprint density at radius 2 is 1.79 bits per heavy atom. The number of hydrogen-bond acceptors (Lipinski definition) is 7. The number of carbonyl (C=O) groups excluding carboxylic acids is 1. The van der Waals surface area contributed by atoms with Crippen LogP contribution in [0.15, 0.2) is 39.8 Å². The standard InChI is InChI=1S/C18H19N3O7S/c1-9-8-14(20-28-9)21-29(25,26)11-4-2-10(3-5-11)19-17(22)15-12-6-7-13(27-12)16(15)18(23)24/h2-5,8,12-13,15-16H,6-7H2,1H3,(H,19,22)(H,20,21)(H,23,24)/t12-,13-,15-,16-/m0/s1. The van der Waals surface area contributed by atoms with Gasteiger partial charge in [0.25, 0.3) is 10.0 Å². The summed E-state index contributed by atoms with van der Waals surface area (Å²) in [6, 6.07) is 6.98. The van der Waals surface area contributed by atoms with Gasteiger partial charge in [0.05, 0.1) is 28.9 Å². The van der Waals surface area contributed by atoms with Crippen molar-refractivity contribution < 1.29 is 32.4 Å². The van der Waals surface area contributed by atoms with Crippen LogP contribution >= 0.6 is 0 Å². The van der Waals surface area contributed by atoms with Crippen molar-refractivity contribution in [2.75, 3.05) is 10.0 Å². The summed E-state index contributed by atoms with van der Waals surface area (Å²) < 4.78 is 37.5. The highest BCUT2D eigenvalue weighted by Gasteiger charge is 2.55. The average Bonchev–Trinajstić information content (AvgIpc) is 3.37. The number of aliphatic carboxylic acids is 1. The van der Waals surface area contributed by atoms with Crippen molar-refractivity contribution in [2.45, 2.75) is 36.9 Å². The maximum Gasteiger partial charge on any atom is 0.310 e. The third-order valence-electron chi connectivity index (χ3n) is 5.16. The summed E-state index contributed by atoms with van der Waals surface area (Å²) in [7, 11) is -3.87. The van der Waals surface area contributed by atoms with Gasteiger partial charge in [-0.25, -0.2) is 8.42 Å². The highest BCUT2D eigenvalue weighted by molar-refractivity contribution is 7.92. The molecule has 0 aliphatic carbocycles. The molecule has 11 heteroatoms. The predicted octanol–water partition coefficient (Wildman–Crippen LogP) is 1.60. The fraction of sp³-hybridized carbons (Fsp3) is 0.389. The third-order valence-corrected chi connectivity index (χ3v) is 6.53. The smallest absolute Gasteiger partial charge is 0.310 e. The molecule has 1 aromatic carbocycles. The van der Waals surface area contributed by atoms with Gasteiger partial charge >= 0.3 is 5.97 Å². The molecular formula is C18H19N3O7S. The first-order chi connectivity index (χ1) is 13.7. The number of aryl methyl sites for hydroxylation is 1. The van der Waals surface area contributed by atoms with Gasteiger partial charge in [0, 0.05) is 11.8 Å². The van der Waals surface area contributed by atoms with Crippen LogP contribution in [-0.4, -0.2) is 42.8 Å². The number of aromatic nitrogens is 1. The summed E-state index contributed by atoms with van der Waals surface area (Å²) >= 11 is 0. The second-order valence-electron chi connectivity index (χ2n) is 7.12. The Kier molecular flexibility index (Phi) is 4.79. The largest absolute Gasteiger partial charge is 0.481 e. The molecule has 2 saturated heterocycles. The molecule has 1 aromatic heterocycles. The third kappa shape index (κ3) is 3.70. The van der Waals surface area contributed by atoms with Gasteiger partial charge in [0.1, 0.15) is 5.76 Å². The van der Waals surface area contributed by atoms with E-state index in [4.69, 9.17) is 9.26 Å². The van der Waals surface area contributed by atoms with E-state index in [1.165, 1.54) is 30.3 Å². The van der Waals surface area contributed by atoms with Crippen molar-refractivity contribution >= 4 is 33.4 Å². The van der Waals surface area contributed by atoms with Crippen LogP contribution in [0.3, 0.4) is 0 Å². The lowest BCUT2D eigenvalue weighted by molar-refractivity contribution is -0.147. The topological polar surface area (TPSA) is 148 Å². The van der Waals surface area contributed by atoms with Crippen LogP contribution in [0.2, 0.25) is 0 Å². The Balaban J connectivity index is 1.45. The number of nitrogens with one attached hydrogen (secondary N) is 2. The molecule has 0 unspecified atom stereocenters. The second-order valence-corrected chi connectivity index (χ2v) is 8.80. The Hall–Kier alpha value is -2.92. The molecule has 2 aromatic rings. The van der Waals surface area contributed by atoms with Gasteiger partial charge in [-0.15, -0.1) is 0 Å². The van der Waals surface area contributed by atoms with Gasteiger partial charge in [-0.3, -0.25) is 14.3 Å².